The molecule has 1 aromatic carbocycles. The van der Waals surface area contributed by atoms with Gasteiger partial charge in [0.2, 0.25) is 5.91 Å². The fraction of sp³-hybridized carbons (Fsp3) is 0.429. The molecule has 0 radical (unpaired) electrons. The number of rotatable bonds is 4. The Morgan fingerprint density at radius 2 is 2.00 bits per heavy atom. The van der Waals surface area contributed by atoms with Crippen molar-refractivity contribution < 1.29 is 9.18 Å². The van der Waals surface area contributed by atoms with E-state index in [4.69, 9.17) is 0 Å². The molecule has 0 spiro atoms. The van der Waals surface area contributed by atoms with Crippen LogP contribution < -0.4 is 10.2 Å². The molecule has 0 bridgehead atoms. The van der Waals surface area contributed by atoms with Crippen LogP contribution in [0.15, 0.2) is 42.6 Å². The summed E-state index contributed by atoms with van der Waals surface area (Å²) in [6, 6.07) is 8.73. The largest absolute Gasteiger partial charge is 0.303 e. The quantitative estimate of drug-likeness (QED) is 0.901. The summed E-state index contributed by atoms with van der Waals surface area (Å²) in [6.07, 6.45) is 8.74. The Labute approximate surface area is 158 Å². The van der Waals surface area contributed by atoms with Crippen LogP contribution in [0, 0.1) is 5.82 Å². The van der Waals surface area contributed by atoms with E-state index in [9.17, 15) is 9.18 Å². The molecule has 6 heteroatoms. The number of amides is 1. The molecule has 1 aliphatic carbocycles. The number of aryl methyl sites for hydroxylation is 1. The lowest BCUT2D eigenvalue weighted by Gasteiger charge is -2.34. The van der Waals surface area contributed by atoms with Crippen molar-refractivity contribution in [2.24, 2.45) is 7.05 Å². The number of anilines is 1. The number of nitrogens with one attached hydrogen (secondary N) is 1. The molecule has 1 aliphatic heterocycles. The highest BCUT2D eigenvalue weighted by atomic mass is 19.1. The van der Waals surface area contributed by atoms with E-state index in [0.717, 1.165) is 50.0 Å². The van der Waals surface area contributed by atoms with E-state index in [1.165, 1.54) is 17.7 Å². The van der Waals surface area contributed by atoms with E-state index in [1.807, 2.05) is 31.4 Å². The number of nitrogens with zero attached hydrogens (tertiary/aromatic N) is 3. The number of aromatic nitrogens is 2. The van der Waals surface area contributed by atoms with Crippen LogP contribution in [0.1, 0.15) is 37.7 Å². The van der Waals surface area contributed by atoms with E-state index in [1.54, 1.807) is 9.58 Å². The van der Waals surface area contributed by atoms with E-state index in [-0.39, 0.29) is 17.8 Å². The zero-order valence-corrected chi connectivity index (χ0v) is 15.6. The third-order valence-electron chi connectivity index (χ3n) is 5.48. The first-order valence-corrected chi connectivity index (χ1v) is 9.62. The fourth-order valence-electron chi connectivity index (χ4n) is 4.00. The summed E-state index contributed by atoms with van der Waals surface area (Å²) in [5.41, 5.74) is 2.35. The molecular formula is C21H25FN4O. The van der Waals surface area contributed by atoms with E-state index in [2.05, 4.69) is 16.5 Å². The molecule has 2 aromatic rings. The summed E-state index contributed by atoms with van der Waals surface area (Å²) >= 11 is 0. The van der Waals surface area contributed by atoms with Gasteiger partial charge < -0.3 is 5.32 Å². The number of hydrogen-bond acceptors (Lipinski definition) is 3. The van der Waals surface area contributed by atoms with Crippen LogP contribution in [0.25, 0.3) is 5.57 Å². The lowest BCUT2D eigenvalue weighted by molar-refractivity contribution is -0.122. The van der Waals surface area contributed by atoms with Crippen LogP contribution in [-0.2, 0) is 11.8 Å². The Bertz CT molecular complexity index is 842. The van der Waals surface area contributed by atoms with Crippen molar-refractivity contribution in [3.05, 3.63) is 54.0 Å². The van der Waals surface area contributed by atoms with Crippen molar-refractivity contribution in [3.63, 3.8) is 0 Å². The highest BCUT2D eigenvalue weighted by molar-refractivity contribution is 5.97. The maximum absolute atomic E-state index is 13.1. The second-order valence-corrected chi connectivity index (χ2v) is 7.41. The number of halogens is 1. The zero-order valence-electron chi connectivity index (χ0n) is 15.6. The van der Waals surface area contributed by atoms with Gasteiger partial charge in [-0.15, -0.1) is 0 Å². The Balaban J connectivity index is 1.38. The van der Waals surface area contributed by atoms with Gasteiger partial charge in [0.15, 0.2) is 5.82 Å². The van der Waals surface area contributed by atoms with Gasteiger partial charge in [-0.2, -0.15) is 5.10 Å². The number of hydrogen-bond donors (Lipinski definition) is 1. The SMILES string of the molecule is Cn1ccc(N2CCC[C@@H](N[C@H]3CC=C(c4ccc(F)cc4)CC3)C2=O)n1. The summed E-state index contributed by atoms with van der Waals surface area (Å²) in [4.78, 5) is 14.7. The third-order valence-corrected chi connectivity index (χ3v) is 5.48. The van der Waals surface area contributed by atoms with Crippen LogP contribution in [-0.4, -0.2) is 34.3 Å². The van der Waals surface area contributed by atoms with Gasteiger partial charge in [0.05, 0.1) is 6.04 Å². The highest BCUT2D eigenvalue weighted by Gasteiger charge is 2.32. The minimum Gasteiger partial charge on any atom is -0.303 e. The number of benzene rings is 1. The van der Waals surface area contributed by atoms with Crippen molar-refractivity contribution in [1.29, 1.82) is 0 Å². The molecule has 0 unspecified atom stereocenters. The molecule has 1 amide bonds. The maximum Gasteiger partial charge on any atom is 0.245 e. The molecule has 0 saturated carbocycles. The Morgan fingerprint density at radius 3 is 2.67 bits per heavy atom. The van der Waals surface area contributed by atoms with Crippen molar-refractivity contribution in [2.45, 2.75) is 44.2 Å². The van der Waals surface area contributed by atoms with Crippen LogP contribution in [0.3, 0.4) is 0 Å². The van der Waals surface area contributed by atoms with Gasteiger partial charge in [0.1, 0.15) is 5.82 Å². The third kappa shape index (κ3) is 3.95. The molecular weight excluding hydrogens is 343 g/mol. The van der Waals surface area contributed by atoms with Gasteiger partial charge in [-0.05, 0) is 55.4 Å². The van der Waals surface area contributed by atoms with Gasteiger partial charge in [0, 0.05) is 31.9 Å². The summed E-state index contributed by atoms with van der Waals surface area (Å²) in [7, 11) is 1.86. The smallest absolute Gasteiger partial charge is 0.245 e. The van der Waals surface area contributed by atoms with Gasteiger partial charge in [-0.25, -0.2) is 4.39 Å². The van der Waals surface area contributed by atoms with Gasteiger partial charge in [-0.1, -0.05) is 18.2 Å². The van der Waals surface area contributed by atoms with Crippen LogP contribution in [0.5, 0.6) is 0 Å². The average molecular weight is 368 g/mol. The predicted octanol–water partition coefficient (Wildman–Crippen LogP) is 3.28. The van der Waals surface area contributed by atoms with Gasteiger partial charge in [-0.3, -0.25) is 14.4 Å². The Hall–Kier alpha value is -2.47. The minimum atomic E-state index is -0.206. The lowest BCUT2D eigenvalue weighted by Crippen LogP contribution is -2.53. The van der Waals surface area contributed by atoms with E-state index in [0.29, 0.717) is 6.04 Å². The molecule has 1 fully saturated rings. The highest BCUT2D eigenvalue weighted by Crippen LogP contribution is 2.28. The van der Waals surface area contributed by atoms with Gasteiger partial charge >= 0.3 is 0 Å². The topological polar surface area (TPSA) is 50.2 Å². The summed E-state index contributed by atoms with van der Waals surface area (Å²) in [5.74, 6) is 0.646. The molecule has 4 rings (SSSR count). The molecule has 5 nitrogen and oxygen atoms in total. The molecule has 27 heavy (non-hydrogen) atoms. The van der Waals surface area contributed by atoms with Crippen LogP contribution >= 0.6 is 0 Å². The molecule has 2 atom stereocenters. The second-order valence-electron chi connectivity index (χ2n) is 7.41. The monoisotopic (exact) mass is 368 g/mol. The van der Waals surface area contributed by atoms with E-state index < -0.39 is 0 Å². The fourth-order valence-corrected chi connectivity index (χ4v) is 4.00. The number of allylic oxidation sites excluding steroid dienone is 1. The van der Waals surface area contributed by atoms with E-state index >= 15 is 0 Å². The molecule has 142 valence electrons. The summed E-state index contributed by atoms with van der Waals surface area (Å²) in [5, 5.41) is 7.94. The summed E-state index contributed by atoms with van der Waals surface area (Å²) < 4.78 is 14.8. The average Bonchev–Trinajstić information content (AvgIpc) is 3.11. The molecule has 2 aliphatic rings. The number of carbonyl (C=O) groups excluding carboxylic acids is 1. The first-order valence-electron chi connectivity index (χ1n) is 9.62. The predicted molar refractivity (Wildman–Crippen MR) is 104 cm³/mol. The van der Waals surface area contributed by atoms with Crippen molar-refractivity contribution in [1.82, 2.24) is 15.1 Å². The Kier molecular flexibility index (Phi) is 5.07. The number of piperidine rings is 1. The van der Waals surface area contributed by atoms with Crippen LogP contribution in [0.4, 0.5) is 10.2 Å². The molecule has 1 N–H and O–H groups in total. The standard InChI is InChI=1S/C21H25FN4O/c1-25-14-12-20(24-25)26-13-2-3-19(21(26)27)23-18-10-6-16(7-11-18)15-4-8-17(22)9-5-15/h4-6,8-9,12,14,18-19,23H,2-3,7,10-11,13H2,1H3/t18-,19+/m0/s1. The first-order chi connectivity index (χ1) is 13.1. The molecule has 2 heterocycles. The van der Waals surface area contributed by atoms with Gasteiger partial charge in [0.25, 0.3) is 0 Å². The van der Waals surface area contributed by atoms with Crippen LogP contribution in [0.2, 0.25) is 0 Å². The zero-order chi connectivity index (χ0) is 18.8. The van der Waals surface area contributed by atoms with Crippen molar-refractivity contribution in [3.8, 4) is 0 Å². The number of carbonyl (C=O) groups is 1. The Morgan fingerprint density at radius 1 is 1.19 bits per heavy atom. The minimum absolute atomic E-state index is 0.119. The summed E-state index contributed by atoms with van der Waals surface area (Å²) in [6.45, 7) is 0.729. The second kappa shape index (κ2) is 7.64. The lowest BCUT2D eigenvalue weighted by atomic mass is 9.90. The van der Waals surface area contributed by atoms with Crippen molar-refractivity contribution >= 4 is 17.3 Å². The maximum atomic E-state index is 13.1. The normalized spacial score (nSPS) is 23.4. The molecule has 1 saturated heterocycles. The first kappa shape index (κ1) is 17.9. The van der Waals surface area contributed by atoms with Crippen molar-refractivity contribution in [2.75, 3.05) is 11.4 Å². The molecule has 1 aromatic heterocycles.